The lowest BCUT2D eigenvalue weighted by molar-refractivity contribution is -0.383. The molecule has 0 fully saturated rings. The molecule has 6 nitrogen and oxygen atoms in total. The average Bonchev–Trinajstić information content (AvgIpc) is 2.34. The van der Waals surface area contributed by atoms with Crippen LogP contribution in [0.4, 0.5) is 5.69 Å². The average molecular weight is 262 g/mol. The first-order valence-electron chi connectivity index (χ1n) is 5.76. The second kappa shape index (κ2) is 4.81. The van der Waals surface area contributed by atoms with Gasteiger partial charge in [-0.1, -0.05) is 0 Å². The molecule has 0 spiro atoms. The number of hydrogen-bond donors (Lipinski definition) is 1. The minimum atomic E-state index is -0.983. The third kappa shape index (κ3) is 2.97. The summed E-state index contributed by atoms with van der Waals surface area (Å²) in [4.78, 5) is 14.6. The van der Waals surface area contributed by atoms with Gasteiger partial charge in [0.25, 0.3) is 5.69 Å². The highest BCUT2D eigenvalue weighted by molar-refractivity contribution is 5.92. The van der Waals surface area contributed by atoms with Crippen molar-refractivity contribution in [2.24, 2.45) is 0 Å². The molecule has 1 aromatic heterocycles. The number of nitrogens with zero attached hydrogens (tertiary/aromatic N) is 2. The zero-order chi connectivity index (χ0) is 14.0. The van der Waals surface area contributed by atoms with Gasteiger partial charge >= 0.3 is 0 Å². The van der Waals surface area contributed by atoms with Gasteiger partial charge in [0, 0.05) is 12.3 Å². The summed E-state index contributed by atoms with van der Waals surface area (Å²) in [5, 5.41) is 21.0. The minimum absolute atomic E-state index is 0.0151. The maximum atomic E-state index is 10.9. The number of aliphatic hydroxyl groups is 1. The number of non-ortho nitro benzene ring substituents is 1. The van der Waals surface area contributed by atoms with Gasteiger partial charge in [-0.15, -0.1) is 0 Å². The molecule has 1 aromatic carbocycles. The van der Waals surface area contributed by atoms with Crippen LogP contribution in [0.2, 0.25) is 0 Å². The second-order valence-corrected chi connectivity index (χ2v) is 4.84. The standard InChI is InChI=1S/C13H14N2O4/c1-13(2,16)8-19-11-6-5-10(15(17)18)9-4-3-7-14-12(9)11/h3-7,16H,8H2,1-2H3. The van der Waals surface area contributed by atoms with Gasteiger partial charge in [-0.25, -0.2) is 0 Å². The summed E-state index contributed by atoms with van der Waals surface area (Å²) in [5.41, 5.74) is -0.581. The smallest absolute Gasteiger partial charge is 0.279 e. The van der Waals surface area contributed by atoms with Crippen molar-refractivity contribution >= 4 is 16.6 Å². The Morgan fingerprint density at radius 2 is 2.16 bits per heavy atom. The van der Waals surface area contributed by atoms with Crippen molar-refractivity contribution in [1.29, 1.82) is 0 Å². The van der Waals surface area contributed by atoms with Crippen molar-refractivity contribution in [3.05, 3.63) is 40.6 Å². The molecule has 2 rings (SSSR count). The van der Waals surface area contributed by atoms with E-state index in [0.717, 1.165) is 0 Å². The molecule has 100 valence electrons. The van der Waals surface area contributed by atoms with E-state index in [-0.39, 0.29) is 12.3 Å². The van der Waals surface area contributed by atoms with Crippen LogP contribution in [0.1, 0.15) is 13.8 Å². The number of pyridine rings is 1. The van der Waals surface area contributed by atoms with E-state index in [2.05, 4.69) is 4.98 Å². The van der Waals surface area contributed by atoms with Crippen molar-refractivity contribution in [2.45, 2.75) is 19.4 Å². The van der Waals surface area contributed by atoms with Crippen molar-refractivity contribution in [2.75, 3.05) is 6.61 Å². The summed E-state index contributed by atoms with van der Waals surface area (Å²) in [6, 6.07) is 6.13. The van der Waals surface area contributed by atoms with Crippen molar-refractivity contribution in [3.63, 3.8) is 0 Å². The first-order valence-corrected chi connectivity index (χ1v) is 5.76. The summed E-state index contributed by atoms with van der Waals surface area (Å²) in [6.45, 7) is 3.32. The Morgan fingerprint density at radius 3 is 2.79 bits per heavy atom. The molecule has 0 bridgehead atoms. The lowest BCUT2D eigenvalue weighted by Gasteiger charge is -2.18. The largest absolute Gasteiger partial charge is 0.488 e. The molecule has 0 saturated heterocycles. The van der Waals surface area contributed by atoms with Crippen LogP contribution in [0.25, 0.3) is 10.9 Å². The van der Waals surface area contributed by atoms with Gasteiger partial charge in [-0.05, 0) is 32.0 Å². The first-order chi connectivity index (χ1) is 8.88. The molecule has 0 aliphatic rings. The molecular weight excluding hydrogens is 248 g/mol. The summed E-state index contributed by atoms with van der Waals surface area (Å²) in [6.07, 6.45) is 1.54. The zero-order valence-electron chi connectivity index (χ0n) is 10.7. The number of benzene rings is 1. The van der Waals surface area contributed by atoms with Crippen molar-refractivity contribution < 1.29 is 14.8 Å². The van der Waals surface area contributed by atoms with Gasteiger partial charge in [0.15, 0.2) is 0 Å². The Hall–Kier alpha value is -2.21. The fourth-order valence-corrected chi connectivity index (χ4v) is 1.66. The molecule has 2 aromatic rings. The van der Waals surface area contributed by atoms with E-state index < -0.39 is 10.5 Å². The SMILES string of the molecule is CC(C)(O)COc1ccc([N+](=O)[O-])c2cccnc12. The van der Waals surface area contributed by atoms with Gasteiger partial charge in [0.05, 0.1) is 15.9 Å². The normalized spacial score (nSPS) is 11.5. The molecule has 0 amide bonds. The second-order valence-electron chi connectivity index (χ2n) is 4.84. The predicted octanol–water partition coefficient (Wildman–Crippen LogP) is 2.29. The maximum absolute atomic E-state index is 10.9. The number of fused-ring (bicyclic) bond motifs is 1. The highest BCUT2D eigenvalue weighted by atomic mass is 16.6. The molecule has 0 aliphatic heterocycles. The summed E-state index contributed by atoms with van der Waals surface area (Å²) in [7, 11) is 0. The van der Waals surface area contributed by atoms with E-state index in [9.17, 15) is 15.2 Å². The Bertz CT molecular complexity index is 620. The molecule has 6 heteroatoms. The van der Waals surface area contributed by atoms with Crippen LogP contribution in [0.5, 0.6) is 5.75 Å². The third-order valence-electron chi connectivity index (χ3n) is 2.49. The number of hydrogen-bond acceptors (Lipinski definition) is 5. The van der Waals surface area contributed by atoms with Crippen LogP contribution in [-0.4, -0.2) is 27.2 Å². The quantitative estimate of drug-likeness (QED) is 0.675. The molecule has 0 unspecified atom stereocenters. The number of rotatable bonds is 4. The van der Waals surface area contributed by atoms with Crippen LogP contribution < -0.4 is 4.74 Å². The molecule has 0 saturated carbocycles. The number of ether oxygens (including phenoxy) is 1. The monoisotopic (exact) mass is 262 g/mol. The third-order valence-corrected chi connectivity index (χ3v) is 2.49. The van der Waals surface area contributed by atoms with Gasteiger partial charge in [0.1, 0.15) is 17.9 Å². The molecule has 0 radical (unpaired) electrons. The van der Waals surface area contributed by atoms with Crippen LogP contribution >= 0.6 is 0 Å². The van der Waals surface area contributed by atoms with E-state index in [4.69, 9.17) is 4.74 Å². The van der Waals surface area contributed by atoms with Crippen molar-refractivity contribution in [1.82, 2.24) is 4.98 Å². The Morgan fingerprint density at radius 1 is 1.42 bits per heavy atom. The first kappa shape index (κ1) is 13.2. The summed E-state index contributed by atoms with van der Waals surface area (Å²) >= 11 is 0. The number of aromatic nitrogens is 1. The molecular formula is C13H14N2O4. The fraction of sp³-hybridized carbons (Fsp3) is 0.308. The highest BCUT2D eigenvalue weighted by Crippen LogP contribution is 2.31. The van der Waals surface area contributed by atoms with Crippen LogP contribution in [0.15, 0.2) is 30.5 Å². The van der Waals surface area contributed by atoms with Crippen LogP contribution in [0, 0.1) is 10.1 Å². The maximum Gasteiger partial charge on any atom is 0.279 e. The van der Waals surface area contributed by atoms with E-state index in [1.54, 1.807) is 32.2 Å². The van der Waals surface area contributed by atoms with Crippen LogP contribution in [0.3, 0.4) is 0 Å². The van der Waals surface area contributed by atoms with Crippen LogP contribution in [-0.2, 0) is 0 Å². The molecule has 1 heterocycles. The summed E-state index contributed by atoms with van der Waals surface area (Å²) < 4.78 is 5.48. The van der Waals surface area contributed by atoms with E-state index >= 15 is 0 Å². The van der Waals surface area contributed by atoms with E-state index in [0.29, 0.717) is 16.7 Å². The number of nitro benzene ring substituents is 1. The van der Waals surface area contributed by atoms with E-state index in [1.807, 2.05) is 0 Å². The van der Waals surface area contributed by atoms with E-state index in [1.165, 1.54) is 12.1 Å². The Kier molecular flexibility index (Phi) is 3.35. The molecule has 1 N–H and O–H groups in total. The van der Waals surface area contributed by atoms with Gasteiger partial charge in [-0.3, -0.25) is 15.1 Å². The number of nitro groups is 1. The van der Waals surface area contributed by atoms with Gasteiger partial charge < -0.3 is 9.84 Å². The Labute approximate surface area is 109 Å². The van der Waals surface area contributed by atoms with Gasteiger partial charge in [0.2, 0.25) is 0 Å². The zero-order valence-corrected chi connectivity index (χ0v) is 10.7. The Balaban J connectivity index is 2.47. The molecule has 19 heavy (non-hydrogen) atoms. The summed E-state index contributed by atoms with van der Waals surface area (Å²) in [5.74, 6) is 0.420. The predicted molar refractivity (Wildman–Crippen MR) is 70.2 cm³/mol. The lowest BCUT2D eigenvalue weighted by Crippen LogP contribution is -2.27. The molecule has 0 aliphatic carbocycles. The highest BCUT2D eigenvalue weighted by Gasteiger charge is 2.18. The lowest BCUT2D eigenvalue weighted by atomic mass is 10.1. The fourth-order valence-electron chi connectivity index (χ4n) is 1.66. The van der Waals surface area contributed by atoms with Gasteiger partial charge in [-0.2, -0.15) is 0 Å². The topological polar surface area (TPSA) is 85.5 Å². The minimum Gasteiger partial charge on any atom is -0.488 e. The van der Waals surface area contributed by atoms with Crippen molar-refractivity contribution in [3.8, 4) is 5.75 Å². The molecule has 0 atom stereocenters.